The van der Waals surface area contributed by atoms with Gasteiger partial charge in [-0.1, -0.05) is 18.2 Å². The molecule has 1 unspecified atom stereocenters. The number of anilines is 4. The smallest absolute Gasteiger partial charge is 0.329 e. The highest BCUT2D eigenvalue weighted by Gasteiger charge is 2.32. The number of hydrogen-bond donors (Lipinski definition) is 5. The molecule has 1 atom stereocenters. The minimum absolute atomic E-state index is 0.110. The van der Waals surface area contributed by atoms with Crippen LogP contribution in [0, 0.1) is 5.82 Å². The molecule has 6 aromatic rings. The van der Waals surface area contributed by atoms with Gasteiger partial charge in [-0.15, -0.1) is 0 Å². The van der Waals surface area contributed by atoms with Crippen LogP contribution in [0.25, 0.3) is 22.4 Å². The van der Waals surface area contributed by atoms with E-state index in [4.69, 9.17) is 4.74 Å². The second-order valence-corrected chi connectivity index (χ2v) is 14.8. The maximum absolute atomic E-state index is 13.6. The molecule has 1 aliphatic carbocycles. The van der Waals surface area contributed by atoms with Crippen LogP contribution in [0.4, 0.5) is 27.4 Å². The van der Waals surface area contributed by atoms with Gasteiger partial charge in [0.2, 0.25) is 11.8 Å². The van der Waals surface area contributed by atoms with E-state index in [9.17, 15) is 28.4 Å². The number of ether oxygens (including phenoxy) is 1. The van der Waals surface area contributed by atoms with Gasteiger partial charge >= 0.3 is 5.69 Å². The fourth-order valence-corrected chi connectivity index (χ4v) is 7.36. The minimum atomic E-state index is -0.754. The van der Waals surface area contributed by atoms with Gasteiger partial charge in [-0.05, 0) is 74.4 Å². The van der Waals surface area contributed by atoms with Gasteiger partial charge in [0.15, 0.2) is 17.4 Å². The molecule has 1 aliphatic heterocycles. The molecule has 312 valence electrons. The molecule has 5 heterocycles. The molecule has 5 N–H and O–H groups in total. The molecule has 4 amide bonds. The van der Waals surface area contributed by atoms with Gasteiger partial charge in [0, 0.05) is 44.5 Å². The van der Waals surface area contributed by atoms with E-state index in [1.807, 2.05) is 18.2 Å². The number of amides is 4. The Morgan fingerprint density at radius 1 is 0.869 bits per heavy atom. The molecule has 8 rings (SSSR count). The van der Waals surface area contributed by atoms with Crippen LogP contribution in [0.2, 0.25) is 0 Å². The number of carbonyl (C=O) groups is 4. The molecule has 1 saturated carbocycles. The number of fused-ring (bicyclic) bond motifs is 1. The normalized spacial score (nSPS) is 15.0. The van der Waals surface area contributed by atoms with Gasteiger partial charge in [-0.3, -0.25) is 33.6 Å². The highest BCUT2D eigenvalue weighted by atomic mass is 19.1. The van der Waals surface area contributed by atoms with Crippen LogP contribution in [0.15, 0.2) is 84.2 Å². The topological polar surface area (TPSA) is 216 Å². The number of hydrogen-bond acceptors (Lipinski definition) is 12. The number of nitrogens with zero attached hydrogens (tertiary/aromatic N) is 6. The average Bonchev–Trinajstić information content (AvgIpc) is 4.04. The number of halogens is 1. The number of rotatable bonds is 15. The number of carbonyl (C=O) groups excluding carboxylic acids is 4. The first-order valence-corrected chi connectivity index (χ1v) is 19.8. The zero-order chi connectivity index (χ0) is 42.6. The molecule has 2 aliphatic rings. The van der Waals surface area contributed by atoms with E-state index in [0.717, 1.165) is 42.7 Å². The number of imidazole rings is 1. The SMILES string of the molecule is COc1c(Nc2cc(Nc3ccc(C(=O)NCCCCc4cccc5c4n(C)c(=O)n5C4CCC(=O)NC4=O)cn3)ncc2C(=O)NC2CC2)cccc1-c1ncc(F)cn1. The van der Waals surface area contributed by atoms with Gasteiger partial charge in [0.05, 0.1) is 58.6 Å². The van der Waals surface area contributed by atoms with Crippen molar-refractivity contribution in [3.05, 3.63) is 112 Å². The maximum atomic E-state index is 13.6. The van der Waals surface area contributed by atoms with E-state index >= 15 is 0 Å². The number of aryl methyl sites for hydroxylation is 2. The quantitative estimate of drug-likeness (QED) is 0.0694. The molecule has 61 heavy (non-hydrogen) atoms. The number of unbranched alkanes of at least 4 members (excludes halogenated alkanes) is 1. The number of imide groups is 1. The van der Waals surface area contributed by atoms with Crippen molar-refractivity contribution in [2.45, 2.75) is 57.0 Å². The Morgan fingerprint density at radius 2 is 1.66 bits per heavy atom. The first kappa shape index (κ1) is 40.3. The number of pyridine rings is 2. The van der Waals surface area contributed by atoms with Crippen molar-refractivity contribution < 1.29 is 28.3 Å². The van der Waals surface area contributed by atoms with Crippen LogP contribution in [0.5, 0.6) is 5.75 Å². The highest BCUT2D eigenvalue weighted by molar-refractivity contribution is 6.02. The lowest BCUT2D eigenvalue weighted by Crippen LogP contribution is -2.44. The van der Waals surface area contributed by atoms with Gasteiger partial charge < -0.3 is 26.0 Å². The Bertz CT molecular complexity index is 2710. The summed E-state index contributed by atoms with van der Waals surface area (Å²) in [4.78, 5) is 80.9. The Balaban J connectivity index is 0.898. The average molecular weight is 828 g/mol. The van der Waals surface area contributed by atoms with Crippen molar-refractivity contribution in [1.29, 1.82) is 0 Å². The Labute approximate surface area is 348 Å². The third-order valence-electron chi connectivity index (χ3n) is 10.6. The number of aromatic nitrogens is 6. The van der Waals surface area contributed by atoms with Crippen LogP contribution >= 0.6 is 0 Å². The summed E-state index contributed by atoms with van der Waals surface area (Å²) in [6, 6.07) is 15.2. The molecule has 17 nitrogen and oxygen atoms in total. The van der Waals surface area contributed by atoms with Crippen molar-refractivity contribution in [3.63, 3.8) is 0 Å². The van der Waals surface area contributed by atoms with Gasteiger partial charge in [0.25, 0.3) is 11.8 Å². The summed E-state index contributed by atoms with van der Waals surface area (Å²) >= 11 is 0. The second kappa shape index (κ2) is 17.4. The summed E-state index contributed by atoms with van der Waals surface area (Å²) < 4.78 is 22.3. The third-order valence-corrected chi connectivity index (χ3v) is 10.6. The zero-order valence-corrected chi connectivity index (χ0v) is 33.3. The van der Waals surface area contributed by atoms with E-state index in [1.165, 1.54) is 24.1 Å². The van der Waals surface area contributed by atoms with E-state index < -0.39 is 17.8 Å². The Hall–Kier alpha value is -7.50. The number of nitrogens with one attached hydrogen (secondary N) is 5. The summed E-state index contributed by atoms with van der Waals surface area (Å²) in [5, 5.41) is 14.7. The monoisotopic (exact) mass is 827 g/mol. The molecule has 2 aromatic carbocycles. The summed E-state index contributed by atoms with van der Waals surface area (Å²) in [6.45, 7) is 0.413. The largest absolute Gasteiger partial charge is 0.494 e. The van der Waals surface area contributed by atoms with E-state index in [0.29, 0.717) is 70.4 Å². The number of piperidine rings is 1. The van der Waals surface area contributed by atoms with Crippen LogP contribution in [-0.4, -0.2) is 72.4 Å². The van der Waals surface area contributed by atoms with Gasteiger partial charge in [-0.2, -0.15) is 0 Å². The molecular weight excluding hydrogens is 786 g/mol. The van der Waals surface area contributed by atoms with Crippen molar-refractivity contribution >= 4 is 57.7 Å². The summed E-state index contributed by atoms with van der Waals surface area (Å²) in [5.74, 6) is -0.542. The number of para-hydroxylation sites is 2. The Morgan fingerprint density at radius 3 is 2.39 bits per heavy atom. The Kier molecular flexibility index (Phi) is 11.5. The van der Waals surface area contributed by atoms with Crippen molar-refractivity contribution in [3.8, 4) is 17.1 Å². The number of benzene rings is 2. The van der Waals surface area contributed by atoms with E-state index in [2.05, 4.69) is 46.5 Å². The molecule has 0 spiro atoms. The summed E-state index contributed by atoms with van der Waals surface area (Å²) in [7, 11) is 3.17. The number of methoxy groups -OCH3 is 1. The predicted octanol–water partition coefficient (Wildman–Crippen LogP) is 4.84. The molecule has 4 aromatic heterocycles. The van der Waals surface area contributed by atoms with E-state index in [-0.39, 0.29) is 48.1 Å². The summed E-state index contributed by atoms with van der Waals surface area (Å²) in [5.41, 5.74) is 4.11. The molecule has 0 radical (unpaired) electrons. The predicted molar refractivity (Wildman–Crippen MR) is 223 cm³/mol. The lowest BCUT2D eigenvalue weighted by atomic mass is 10.0. The highest BCUT2D eigenvalue weighted by Crippen LogP contribution is 2.38. The lowest BCUT2D eigenvalue weighted by Gasteiger charge is -2.21. The summed E-state index contributed by atoms with van der Waals surface area (Å²) in [6.07, 6.45) is 9.34. The standard InChI is InChI=1S/C43H42FN11O6/c1-54-37-24(8-5-11-32(37)55(43(54)60)33-15-17-36(56)53-42(33)59)7-3-4-18-45-40(57)25-12-16-34(46-20-25)52-35-19-31(29(23-47-35)41(58)50-27-13-14-27)51-30-10-6-9-28(38(30)61-2)39-48-21-26(44)22-49-39/h5-6,8-12,16,19-23,27,33H,3-4,7,13-15,17-18H2,1-2H3,(H,45,57)(H,50,58)(H,53,56,59)(H2,46,47,51,52). The minimum Gasteiger partial charge on any atom is -0.494 e. The fourth-order valence-electron chi connectivity index (χ4n) is 7.36. The van der Waals surface area contributed by atoms with Crippen molar-refractivity contribution in [2.24, 2.45) is 7.05 Å². The zero-order valence-electron chi connectivity index (χ0n) is 33.3. The third kappa shape index (κ3) is 8.78. The second-order valence-electron chi connectivity index (χ2n) is 14.8. The van der Waals surface area contributed by atoms with Crippen LogP contribution < -0.4 is 37.0 Å². The molecule has 0 bridgehead atoms. The first-order valence-electron chi connectivity index (χ1n) is 19.8. The molecular formula is C43H42FN11O6. The molecule has 18 heteroatoms. The van der Waals surface area contributed by atoms with Crippen LogP contribution in [-0.2, 0) is 23.1 Å². The van der Waals surface area contributed by atoms with E-state index in [1.54, 1.807) is 48.0 Å². The molecule has 1 saturated heterocycles. The van der Waals surface area contributed by atoms with Crippen LogP contribution in [0.3, 0.4) is 0 Å². The fraction of sp³-hybridized carbons (Fsp3) is 0.279. The lowest BCUT2D eigenvalue weighted by molar-refractivity contribution is -0.135. The van der Waals surface area contributed by atoms with Gasteiger partial charge in [0.1, 0.15) is 17.7 Å². The van der Waals surface area contributed by atoms with Crippen LogP contribution in [0.1, 0.15) is 70.8 Å². The maximum Gasteiger partial charge on any atom is 0.329 e. The van der Waals surface area contributed by atoms with Gasteiger partial charge in [-0.25, -0.2) is 29.1 Å². The van der Waals surface area contributed by atoms with Crippen molar-refractivity contribution in [2.75, 3.05) is 24.3 Å². The van der Waals surface area contributed by atoms with Crippen molar-refractivity contribution in [1.82, 2.24) is 45.0 Å². The molecule has 2 fully saturated rings. The first-order chi connectivity index (χ1) is 29.6.